The Bertz CT molecular complexity index is 390. The molecule has 0 aliphatic carbocycles. The molecule has 2 saturated heterocycles. The molecule has 0 bridgehead atoms. The topological polar surface area (TPSA) is 32.3 Å². The number of hydrogen-bond acceptors (Lipinski definition) is 3. The Morgan fingerprint density at radius 2 is 2.29 bits per heavy atom. The molecule has 3 heterocycles. The minimum absolute atomic E-state index is 0.109. The molecule has 0 aromatic carbocycles. The molecule has 0 spiro atoms. The average molecular weight is 250 g/mol. The van der Waals surface area contributed by atoms with E-state index >= 15 is 0 Å². The zero-order valence-corrected chi connectivity index (χ0v) is 10.7. The standard InChI is InChI=1S/C13H18N2OS/c16-13(12-5-3-9-17-12)14-10-6-8-15-7-2-1-4-11(10)15/h3,5,9-11H,1-2,4,6-8H2,(H,14,16)/t10-,11+/m0/s1. The maximum absolute atomic E-state index is 12.0. The quantitative estimate of drug-likeness (QED) is 0.872. The molecule has 1 aromatic heterocycles. The summed E-state index contributed by atoms with van der Waals surface area (Å²) in [5, 5.41) is 5.17. The molecule has 2 fully saturated rings. The zero-order chi connectivity index (χ0) is 11.7. The van der Waals surface area contributed by atoms with Gasteiger partial charge in [0.2, 0.25) is 0 Å². The zero-order valence-electron chi connectivity index (χ0n) is 9.89. The lowest BCUT2D eigenvalue weighted by Crippen LogP contribution is -2.46. The van der Waals surface area contributed by atoms with Gasteiger partial charge in [0, 0.05) is 18.6 Å². The van der Waals surface area contributed by atoms with Crippen LogP contribution in [0.2, 0.25) is 0 Å². The molecular formula is C13H18N2OS. The van der Waals surface area contributed by atoms with Crippen LogP contribution in [0.25, 0.3) is 0 Å². The Hall–Kier alpha value is -0.870. The lowest BCUT2D eigenvalue weighted by molar-refractivity contribution is 0.0919. The second-order valence-corrected chi connectivity index (χ2v) is 5.89. The van der Waals surface area contributed by atoms with Gasteiger partial charge in [-0.3, -0.25) is 9.69 Å². The first-order chi connectivity index (χ1) is 8.34. The molecule has 2 aliphatic rings. The third kappa shape index (κ3) is 2.24. The van der Waals surface area contributed by atoms with Crippen LogP contribution in [0.15, 0.2) is 17.5 Å². The highest BCUT2D eigenvalue weighted by Crippen LogP contribution is 2.27. The molecule has 92 valence electrons. The van der Waals surface area contributed by atoms with E-state index in [0.29, 0.717) is 12.1 Å². The minimum atomic E-state index is 0.109. The van der Waals surface area contributed by atoms with Gasteiger partial charge in [-0.25, -0.2) is 0 Å². The van der Waals surface area contributed by atoms with Crippen molar-refractivity contribution in [2.75, 3.05) is 13.1 Å². The van der Waals surface area contributed by atoms with Crippen molar-refractivity contribution < 1.29 is 4.79 Å². The van der Waals surface area contributed by atoms with E-state index in [1.165, 1.54) is 37.1 Å². The maximum Gasteiger partial charge on any atom is 0.261 e. The van der Waals surface area contributed by atoms with Gasteiger partial charge in [0.1, 0.15) is 0 Å². The molecule has 2 atom stereocenters. The molecule has 1 N–H and O–H groups in total. The van der Waals surface area contributed by atoms with E-state index in [0.717, 1.165) is 17.8 Å². The van der Waals surface area contributed by atoms with Crippen LogP contribution in [-0.2, 0) is 0 Å². The van der Waals surface area contributed by atoms with Gasteiger partial charge in [-0.15, -0.1) is 11.3 Å². The normalized spacial score (nSPS) is 28.9. The van der Waals surface area contributed by atoms with Crippen LogP contribution in [0.1, 0.15) is 35.4 Å². The fourth-order valence-electron chi connectivity index (χ4n) is 3.06. The van der Waals surface area contributed by atoms with Gasteiger partial charge < -0.3 is 5.32 Å². The molecule has 3 nitrogen and oxygen atoms in total. The molecule has 0 unspecified atom stereocenters. The second kappa shape index (κ2) is 4.78. The van der Waals surface area contributed by atoms with Crippen molar-refractivity contribution in [3.8, 4) is 0 Å². The molecule has 2 aliphatic heterocycles. The summed E-state index contributed by atoms with van der Waals surface area (Å²) in [7, 11) is 0. The third-order valence-corrected chi connectivity index (χ3v) is 4.79. The van der Waals surface area contributed by atoms with Gasteiger partial charge in [0.05, 0.1) is 4.88 Å². The summed E-state index contributed by atoms with van der Waals surface area (Å²) in [6, 6.07) is 4.78. The highest BCUT2D eigenvalue weighted by Gasteiger charge is 2.36. The van der Waals surface area contributed by atoms with E-state index in [2.05, 4.69) is 10.2 Å². The lowest BCUT2D eigenvalue weighted by Gasteiger charge is -2.32. The number of piperidine rings is 1. The van der Waals surface area contributed by atoms with Crippen LogP contribution in [-0.4, -0.2) is 36.0 Å². The molecule has 0 radical (unpaired) electrons. The van der Waals surface area contributed by atoms with E-state index in [-0.39, 0.29) is 5.91 Å². The molecule has 3 rings (SSSR count). The van der Waals surface area contributed by atoms with Gasteiger partial charge in [-0.1, -0.05) is 12.5 Å². The number of rotatable bonds is 2. The number of nitrogens with zero attached hydrogens (tertiary/aromatic N) is 1. The van der Waals surface area contributed by atoms with E-state index in [1.807, 2.05) is 17.5 Å². The summed E-state index contributed by atoms with van der Waals surface area (Å²) in [6.45, 7) is 2.37. The van der Waals surface area contributed by atoms with Crippen LogP contribution in [0.4, 0.5) is 0 Å². The van der Waals surface area contributed by atoms with Crippen molar-refractivity contribution in [2.45, 2.75) is 37.8 Å². The Labute approximate surface area is 106 Å². The first-order valence-corrected chi connectivity index (χ1v) is 7.31. The number of nitrogens with one attached hydrogen (secondary N) is 1. The first kappa shape index (κ1) is 11.2. The molecule has 1 amide bonds. The number of carbonyl (C=O) groups is 1. The minimum Gasteiger partial charge on any atom is -0.347 e. The summed E-state index contributed by atoms with van der Waals surface area (Å²) in [6.07, 6.45) is 4.99. The van der Waals surface area contributed by atoms with E-state index < -0.39 is 0 Å². The van der Waals surface area contributed by atoms with Gasteiger partial charge in [-0.05, 0) is 37.3 Å². The number of thiophene rings is 1. The second-order valence-electron chi connectivity index (χ2n) is 4.95. The number of carbonyl (C=O) groups excluding carboxylic acids is 1. The van der Waals surface area contributed by atoms with Crippen molar-refractivity contribution in [2.24, 2.45) is 0 Å². The molecule has 4 heteroatoms. The first-order valence-electron chi connectivity index (χ1n) is 6.43. The predicted octanol–water partition coefficient (Wildman–Crippen LogP) is 2.10. The summed E-state index contributed by atoms with van der Waals surface area (Å²) < 4.78 is 0. The van der Waals surface area contributed by atoms with E-state index in [4.69, 9.17) is 0 Å². The largest absolute Gasteiger partial charge is 0.347 e. The predicted molar refractivity (Wildman–Crippen MR) is 69.4 cm³/mol. The van der Waals surface area contributed by atoms with E-state index in [1.54, 1.807) is 0 Å². The van der Waals surface area contributed by atoms with Gasteiger partial charge in [0.25, 0.3) is 5.91 Å². The molecular weight excluding hydrogens is 232 g/mol. The van der Waals surface area contributed by atoms with Crippen molar-refractivity contribution in [3.05, 3.63) is 22.4 Å². The monoisotopic (exact) mass is 250 g/mol. The Kier molecular flexibility index (Phi) is 3.16. The summed E-state index contributed by atoms with van der Waals surface area (Å²) in [4.78, 5) is 15.4. The molecule has 1 aromatic rings. The SMILES string of the molecule is O=C(N[C@H]1CCN2CCCC[C@H]12)c1cccs1. The van der Waals surface area contributed by atoms with Crippen molar-refractivity contribution >= 4 is 17.2 Å². The maximum atomic E-state index is 12.0. The third-order valence-electron chi connectivity index (χ3n) is 3.92. The van der Waals surface area contributed by atoms with Gasteiger partial charge in [0.15, 0.2) is 0 Å². The van der Waals surface area contributed by atoms with Crippen LogP contribution >= 0.6 is 11.3 Å². The highest BCUT2D eigenvalue weighted by atomic mass is 32.1. The lowest BCUT2D eigenvalue weighted by atomic mass is 9.99. The Morgan fingerprint density at radius 3 is 3.12 bits per heavy atom. The van der Waals surface area contributed by atoms with Crippen LogP contribution < -0.4 is 5.32 Å². The van der Waals surface area contributed by atoms with Crippen LogP contribution in [0.3, 0.4) is 0 Å². The fraction of sp³-hybridized carbons (Fsp3) is 0.615. The summed E-state index contributed by atoms with van der Waals surface area (Å²) in [5.74, 6) is 0.109. The molecule has 17 heavy (non-hydrogen) atoms. The smallest absolute Gasteiger partial charge is 0.261 e. The molecule has 0 saturated carbocycles. The Balaban J connectivity index is 1.64. The van der Waals surface area contributed by atoms with Crippen LogP contribution in [0.5, 0.6) is 0 Å². The number of fused-ring (bicyclic) bond motifs is 1. The van der Waals surface area contributed by atoms with Crippen molar-refractivity contribution in [1.29, 1.82) is 0 Å². The summed E-state index contributed by atoms with van der Waals surface area (Å²) >= 11 is 1.52. The average Bonchev–Trinajstić information content (AvgIpc) is 2.98. The highest BCUT2D eigenvalue weighted by molar-refractivity contribution is 7.12. The van der Waals surface area contributed by atoms with E-state index in [9.17, 15) is 4.79 Å². The van der Waals surface area contributed by atoms with Crippen molar-refractivity contribution in [1.82, 2.24) is 10.2 Å². The number of hydrogen-bond donors (Lipinski definition) is 1. The van der Waals surface area contributed by atoms with Gasteiger partial charge >= 0.3 is 0 Å². The fourth-order valence-corrected chi connectivity index (χ4v) is 3.69. The number of amides is 1. The van der Waals surface area contributed by atoms with Crippen LogP contribution in [0, 0.1) is 0 Å². The summed E-state index contributed by atoms with van der Waals surface area (Å²) in [5.41, 5.74) is 0. The van der Waals surface area contributed by atoms with Crippen molar-refractivity contribution in [3.63, 3.8) is 0 Å². The van der Waals surface area contributed by atoms with Gasteiger partial charge in [-0.2, -0.15) is 0 Å². The Morgan fingerprint density at radius 1 is 1.35 bits per heavy atom.